The van der Waals surface area contributed by atoms with Crippen molar-refractivity contribution >= 4 is 40.0 Å². The number of nitrogens with zero attached hydrogens (tertiary/aromatic N) is 5. The molecule has 1 aliphatic rings. The molecule has 1 fully saturated rings. The van der Waals surface area contributed by atoms with E-state index in [2.05, 4.69) is 38.8 Å². The summed E-state index contributed by atoms with van der Waals surface area (Å²) in [5, 5.41) is 8.34. The minimum Gasteiger partial charge on any atom is -0.383 e. The fourth-order valence-corrected chi connectivity index (χ4v) is 3.88. The lowest BCUT2D eigenvalue weighted by Crippen LogP contribution is -2.40. The van der Waals surface area contributed by atoms with Crippen LogP contribution in [0.3, 0.4) is 0 Å². The van der Waals surface area contributed by atoms with Crippen LogP contribution in [-0.4, -0.2) is 50.2 Å². The quantitative estimate of drug-likeness (QED) is 0.465. The van der Waals surface area contributed by atoms with Gasteiger partial charge in [0, 0.05) is 18.8 Å². The Morgan fingerprint density at radius 2 is 2.28 bits per heavy atom. The summed E-state index contributed by atoms with van der Waals surface area (Å²) in [6.07, 6.45) is 4.41. The second-order valence-electron chi connectivity index (χ2n) is 7.32. The summed E-state index contributed by atoms with van der Waals surface area (Å²) in [5.41, 5.74) is 7.80. The van der Waals surface area contributed by atoms with Gasteiger partial charge >= 0.3 is 0 Å². The average molecular weight is 454 g/mol. The second kappa shape index (κ2) is 9.24. The van der Waals surface area contributed by atoms with E-state index >= 15 is 0 Å². The monoisotopic (exact) mass is 453 g/mol. The third-order valence-electron chi connectivity index (χ3n) is 5.25. The van der Waals surface area contributed by atoms with E-state index in [0.717, 1.165) is 12.8 Å². The molecule has 1 saturated heterocycles. The third-order valence-corrected chi connectivity index (χ3v) is 5.54. The van der Waals surface area contributed by atoms with E-state index in [1.165, 1.54) is 24.5 Å². The van der Waals surface area contributed by atoms with Crippen LogP contribution in [-0.2, 0) is 4.79 Å². The van der Waals surface area contributed by atoms with E-state index in [-0.39, 0.29) is 23.5 Å². The molecule has 0 radical (unpaired) electrons. The average Bonchev–Trinajstić information content (AvgIpc) is 3.18. The number of anilines is 2. The summed E-state index contributed by atoms with van der Waals surface area (Å²) in [5.74, 6) is 5.72. The number of halogens is 2. The van der Waals surface area contributed by atoms with Gasteiger partial charge in [0.15, 0.2) is 5.65 Å². The minimum absolute atomic E-state index is 0.0362. The molecule has 8 nitrogen and oxygen atoms in total. The second-order valence-corrected chi connectivity index (χ2v) is 7.73. The van der Waals surface area contributed by atoms with E-state index in [0.29, 0.717) is 41.3 Å². The Hall–Kier alpha value is -3.64. The molecular weight excluding hydrogens is 433 g/mol. The minimum atomic E-state index is -0.480. The van der Waals surface area contributed by atoms with Crippen LogP contribution in [0.2, 0.25) is 5.02 Å². The van der Waals surface area contributed by atoms with Gasteiger partial charge < -0.3 is 16.0 Å². The lowest BCUT2D eigenvalue weighted by atomic mass is 10.1. The maximum absolute atomic E-state index is 13.3. The lowest BCUT2D eigenvalue weighted by molar-refractivity contribution is -0.127. The number of nitrogens with one attached hydrogen (secondary N) is 1. The summed E-state index contributed by atoms with van der Waals surface area (Å²) in [4.78, 5) is 22.3. The van der Waals surface area contributed by atoms with E-state index in [9.17, 15) is 9.18 Å². The molecule has 0 spiro atoms. The first-order chi connectivity index (χ1) is 15.5. The van der Waals surface area contributed by atoms with Gasteiger partial charge in [-0.2, -0.15) is 5.10 Å². The number of nitrogen functional groups attached to an aromatic ring is 1. The highest BCUT2D eigenvalue weighted by Crippen LogP contribution is 2.28. The first-order valence-corrected chi connectivity index (χ1v) is 10.4. The van der Waals surface area contributed by atoms with Crippen molar-refractivity contribution in [3.05, 3.63) is 53.7 Å². The van der Waals surface area contributed by atoms with Gasteiger partial charge in [-0.25, -0.2) is 19.0 Å². The number of rotatable bonds is 4. The molecule has 1 amide bonds. The molecule has 3 aromatic rings. The Morgan fingerprint density at radius 3 is 3.06 bits per heavy atom. The highest BCUT2D eigenvalue weighted by Gasteiger charge is 2.27. The van der Waals surface area contributed by atoms with Crippen LogP contribution in [0.1, 0.15) is 24.6 Å². The zero-order valence-corrected chi connectivity index (χ0v) is 17.9. The molecule has 10 heteroatoms. The van der Waals surface area contributed by atoms with Gasteiger partial charge in [-0.05, 0) is 43.0 Å². The first-order valence-electron chi connectivity index (χ1n) is 10.1. The van der Waals surface area contributed by atoms with Crippen molar-refractivity contribution in [2.75, 3.05) is 30.7 Å². The molecule has 0 aliphatic carbocycles. The number of likely N-dealkylation sites (tertiary alicyclic amines) is 1. The number of piperidine rings is 1. The van der Waals surface area contributed by atoms with Crippen molar-refractivity contribution < 1.29 is 9.18 Å². The Kier molecular flexibility index (Phi) is 6.23. The molecule has 164 valence electrons. The summed E-state index contributed by atoms with van der Waals surface area (Å²) in [7, 11) is 0. The highest BCUT2D eigenvalue weighted by molar-refractivity contribution is 6.31. The number of fused-ring (bicyclic) bond motifs is 1. The number of nitrogens with two attached hydrogens (primary N) is 1. The molecule has 0 saturated carbocycles. The molecule has 3 heterocycles. The van der Waals surface area contributed by atoms with Crippen molar-refractivity contribution in [3.63, 3.8) is 0 Å². The van der Waals surface area contributed by atoms with Gasteiger partial charge in [-0.1, -0.05) is 24.1 Å². The molecular formula is C22H21ClFN7O. The summed E-state index contributed by atoms with van der Waals surface area (Å²) in [6.45, 7) is 5.05. The van der Waals surface area contributed by atoms with E-state index in [4.69, 9.17) is 17.3 Å². The van der Waals surface area contributed by atoms with Crippen LogP contribution in [0.15, 0.2) is 37.2 Å². The summed E-state index contributed by atoms with van der Waals surface area (Å²) < 4.78 is 15.1. The van der Waals surface area contributed by atoms with E-state index in [1.54, 1.807) is 15.6 Å². The van der Waals surface area contributed by atoms with Crippen molar-refractivity contribution in [1.82, 2.24) is 24.6 Å². The molecule has 0 bridgehead atoms. The molecule has 1 aliphatic heterocycles. The van der Waals surface area contributed by atoms with Crippen molar-refractivity contribution in [2.24, 2.45) is 0 Å². The largest absolute Gasteiger partial charge is 0.383 e. The number of benzene rings is 1. The van der Waals surface area contributed by atoms with Crippen molar-refractivity contribution in [2.45, 2.75) is 18.9 Å². The predicted octanol–water partition coefficient (Wildman–Crippen LogP) is 3.01. The molecule has 1 aromatic carbocycles. The predicted molar refractivity (Wildman–Crippen MR) is 122 cm³/mol. The van der Waals surface area contributed by atoms with Crippen molar-refractivity contribution in [1.29, 1.82) is 0 Å². The molecule has 4 rings (SSSR count). The van der Waals surface area contributed by atoms with Gasteiger partial charge in [0.25, 0.3) is 0 Å². The Bertz CT molecular complexity index is 1250. The fourth-order valence-electron chi connectivity index (χ4n) is 3.70. The van der Waals surface area contributed by atoms with Gasteiger partial charge in [-0.15, -0.1) is 0 Å². The Balaban J connectivity index is 1.59. The maximum Gasteiger partial charge on any atom is 0.246 e. The van der Waals surface area contributed by atoms with Crippen LogP contribution < -0.4 is 11.1 Å². The zero-order chi connectivity index (χ0) is 22.7. The highest BCUT2D eigenvalue weighted by atomic mass is 35.5. The molecule has 0 unspecified atom stereocenters. The Morgan fingerprint density at radius 1 is 1.44 bits per heavy atom. The molecule has 2 aromatic heterocycles. The number of carbonyl (C=O) groups is 1. The zero-order valence-electron chi connectivity index (χ0n) is 17.2. The smallest absolute Gasteiger partial charge is 0.246 e. The van der Waals surface area contributed by atoms with E-state index in [1.807, 2.05) is 0 Å². The van der Waals surface area contributed by atoms with E-state index < -0.39 is 5.82 Å². The summed E-state index contributed by atoms with van der Waals surface area (Å²) >= 11 is 5.80. The number of amides is 1. The van der Waals surface area contributed by atoms with Crippen LogP contribution in [0.5, 0.6) is 0 Å². The van der Waals surface area contributed by atoms with Crippen LogP contribution in [0.25, 0.3) is 11.0 Å². The number of hydrogen-bond acceptors (Lipinski definition) is 6. The van der Waals surface area contributed by atoms with Crippen LogP contribution >= 0.6 is 11.6 Å². The van der Waals surface area contributed by atoms with Gasteiger partial charge in [-0.3, -0.25) is 4.79 Å². The standard InChI is InChI=1S/C22H21ClFN7O/c1-2-19(32)30-10-4-5-15(12-30)31-22-20(21(25)27-13-28-22)18(29-31)6-3-9-26-14-7-8-17(24)16(23)11-14/h2,7-8,11,13,15,26H,1,4-5,9-10,12H2,(H2,25,27,28)/t15-/m1/s1. The SMILES string of the molecule is C=CC(=O)N1CCC[C@@H](n2nc(C#CCNc3ccc(F)c(Cl)c3)c3c(N)ncnc32)C1. The molecule has 1 atom stereocenters. The van der Waals surface area contributed by atoms with Gasteiger partial charge in [0.2, 0.25) is 5.91 Å². The van der Waals surface area contributed by atoms with Gasteiger partial charge in [0.1, 0.15) is 23.7 Å². The van der Waals surface area contributed by atoms with Crippen LogP contribution in [0, 0.1) is 17.7 Å². The topological polar surface area (TPSA) is 102 Å². The number of hydrogen-bond donors (Lipinski definition) is 2. The fraction of sp³-hybridized carbons (Fsp3) is 0.273. The number of carbonyl (C=O) groups excluding carboxylic acids is 1. The third kappa shape index (κ3) is 4.36. The normalized spacial score (nSPS) is 15.8. The summed E-state index contributed by atoms with van der Waals surface area (Å²) in [6, 6.07) is 4.31. The molecule has 3 N–H and O–H groups in total. The van der Waals surface area contributed by atoms with Gasteiger partial charge in [0.05, 0.1) is 23.0 Å². The lowest BCUT2D eigenvalue weighted by Gasteiger charge is -2.32. The first kappa shape index (κ1) is 21.6. The maximum atomic E-state index is 13.3. The van der Waals surface area contributed by atoms with Crippen molar-refractivity contribution in [3.8, 4) is 11.8 Å². The number of aromatic nitrogens is 4. The Labute approximate surface area is 189 Å². The molecule has 32 heavy (non-hydrogen) atoms. The van der Waals surface area contributed by atoms with Crippen LogP contribution in [0.4, 0.5) is 15.9 Å².